The lowest BCUT2D eigenvalue weighted by atomic mass is 9.85. The van der Waals surface area contributed by atoms with Gasteiger partial charge in [-0.05, 0) is 43.2 Å². The smallest absolute Gasteiger partial charge is 0.407 e. The first-order valence-corrected chi connectivity index (χ1v) is 10.7. The highest BCUT2D eigenvalue weighted by Gasteiger charge is 2.25. The van der Waals surface area contributed by atoms with E-state index in [0.29, 0.717) is 19.7 Å². The molecule has 0 saturated carbocycles. The van der Waals surface area contributed by atoms with Crippen molar-refractivity contribution in [2.75, 3.05) is 26.3 Å². The van der Waals surface area contributed by atoms with Crippen LogP contribution in [-0.4, -0.2) is 49.2 Å². The van der Waals surface area contributed by atoms with Gasteiger partial charge in [-0.2, -0.15) is 0 Å². The van der Waals surface area contributed by atoms with Gasteiger partial charge in [-0.3, -0.25) is 4.79 Å². The number of amides is 2. The number of nitrogens with one attached hydrogen (secondary N) is 1. The van der Waals surface area contributed by atoms with Gasteiger partial charge in [0.25, 0.3) is 5.91 Å². The first-order chi connectivity index (χ1) is 13.7. The summed E-state index contributed by atoms with van der Waals surface area (Å²) in [5.41, 5.74) is 2.23. The second-order valence-electron chi connectivity index (χ2n) is 8.83. The van der Waals surface area contributed by atoms with E-state index in [1.54, 1.807) is 0 Å². The molecular formula is C23H36N2O4. The molecule has 0 atom stereocenters. The molecule has 6 heteroatoms. The van der Waals surface area contributed by atoms with Crippen molar-refractivity contribution in [1.29, 1.82) is 0 Å². The van der Waals surface area contributed by atoms with Gasteiger partial charge in [0.05, 0.1) is 6.61 Å². The molecule has 1 aliphatic rings. The molecule has 0 spiro atoms. The SMILES string of the molecule is CCCCOC(=O)NC1CCN(C(=O)COc2ccc(C)cc2C(C)(C)C)CC1. The topological polar surface area (TPSA) is 67.9 Å². The number of alkyl carbamates (subject to hydrolysis) is 1. The zero-order valence-corrected chi connectivity index (χ0v) is 18.5. The third kappa shape index (κ3) is 7.26. The maximum absolute atomic E-state index is 12.6. The van der Waals surface area contributed by atoms with Crippen molar-refractivity contribution in [3.63, 3.8) is 0 Å². The lowest BCUT2D eigenvalue weighted by Crippen LogP contribution is -2.47. The van der Waals surface area contributed by atoms with Crippen LogP contribution >= 0.6 is 0 Å². The van der Waals surface area contributed by atoms with Crippen LogP contribution in [0, 0.1) is 6.92 Å². The number of aryl methyl sites for hydroxylation is 1. The first kappa shape index (κ1) is 23.0. The highest BCUT2D eigenvalue weighted by atomic mass is 16.5. The molecule has 29 heavy (non-hydrogen) atoms. The van der Waals surface area contributed by atoms with Crippen LogP contribution in [0.1, 0.15) is 64.5 Å². The van der Waals surface area contributed by atoms with Crippen LogP contribution in [0.4, 0.5) is 4.79 Å². The van der Waals surface area contributed by atoms with Crippen molar-refractivity contribution in [3.8, 4) is 5.75 Å². The minimum absolute atomic E-state index is 0.0191. The van der Waals surface area contributed by atoms with Gasteiger partial charge >= 0.3 is 6.09 Å². The number of nitrogens with zero attached hydrogens (tertiary/aromatic N) is 1. The molecule has 6 nitrogen and oxygen atoms in total. The average molecular weight is 405 g/mol. The van der Waals surface area contributed by atoms with E-state index in [2.05, 4.69) is 46.0 Å². The molecule has 1 saturated heterocycles. The zero-order chi connectivity index (χ0) is 21.4. The van der Waals surface area contributed by atoms with Gasteiger partial charge in [0.15, 0.2) is 6.61 Å². The molecule has 2 amide bonds. The summed E-state index contributed by atoms with van der Waals surface area (Å²) in [6, 6.07) is 6.13. The molecule has 1 aliphatic heterocycles. The molecule has 0 unspecified atom stereocenters. The summed E-state index contributed by atoms with van der Waals surface area (Å²) in [7, 11) is 0. The molecule has 0 aliphatic carbocycles. The van der Waals surface area contributed by atoms with Crippen molar-refractivity contribution in [1.82, 2.24) is 10.2 Å². The average Bonchev–Trinajstić information content (AvgIpc) is 2.67. The Morgan fingerprint density at radius 1 is 1.21 bits per heavy atom. The molecule has 1 aromatic rings. The standard InChI is InChI=1S/C23H36N2O4/c1-6-7-14-28-22(27)24-18-10-12-25(13-11-18)21(26)16-29-20-9-8-17(2)15-19(20)23(3,4)5/h8-9,15,18H,6-7,10-14,16H2,1-5H3,(H,24,27). The van der Waals surface area contributed by atoms with E-state index < -0.39 is 0 Å². The predicted molar refractivity (Wildman–Crippen MR) is 114 cm³/mol. The highest BCUT2D eigenvalue weighted by Crippen LogP contribution is 2.32. The molecule has 1 N–H and O–H groups in total. The van der Waals surface area contributed by atoms with Crippen LogP contribution in [-0.2, 0) is 14.9 Å². The van der Waals surface area contributed by atoms with Crippen LogP contribution in [0.2, 0.25) is 0 Å². The van der Waals surface area contributed by atoms with E-state index in [4.69, 9.17) is 9.47 Å². The third-order valence-corrected chi connectivity index (χ3v) is 5.19. The maximum atomic E-state index is 12.6. The Morgan fingerprint density at radius 2 is 1.90 bits per heavy atom. The fourth-order valence-electron chi connectivity index (χ4n) is 3.38. The highest BCUT2D eigenvalue weighted by molar-refractivity contribution is 5.78. The van der Waals surface area contributed by atoms with Crippen LogP contribution in [0.15, 0.2) is 18.2 Å². The van der Waals surface area contributed by atoms with Crippen molar-refractivity contribution in [2.45, 2.75) is 71.8 Å². The molecule has 1 aromatic carbocycles. The second-order valence-corrected chi connectivity index (χ2v) is 8.83. The number of piperidine rings is 1. The molecule has 1 fully saturated rings. The van der Waals surface area contributed by atoms with Crippen LogP contribution < -0.4 is 10.1 Å². The van der Waals surface area contributed by atoms with E-state index in [1.807, 2.05) is 17.0 Å². The monoisotopic (exact) mass is 404 g/mol. The molecule has 0 aromatic heterocycles. The third-order valence-electron chi connectivity index (χ3n) is 5.19. The fraction of sp³-hybridized carbons (Fsp3) is 0.652. The van der Waals surface area contributed by atoms with E-state index in [9.17, 15) is 9.59 Å². The Labute approximate surface area is 174 Å². The Bertz CT molecular complexity index is 689. The minimum Gasteiger partial charge on any atom is -0.483 e. The van der Waals surface area contributed by atoms with Gasteiger partial charge in [-0.15, -0.1) is 0 Å². The minimum atomic E-state index is -0.361. The van der Waals surface area contributed by atoms with Crippen LogP contribution in [0.5, 0.6) is 5.75 Å². The van der Waals surface area contributed by atoms with Gasteiger partial charge in [0.2, 0.25) is 0 Å². The van der Waals surface area contributed by atoms with Gasteiger partial charge in [0, 0.05) is 19.1 Å². The quantitative estimate of drug-likeness (QED) is 0.692. The molecule has 2 rings (SSSR count). The number of rotatable bonds is 7. The summed E-state index contributed by atoms with van der Waals surface area (Å²) in [5, 5.41) is 2.89. The largest absolute Gasteiger partial charge is 0.483 e. The van der Waals surface area contributed by atoms with E-state index in [0.717, 1.165) is 37.0 Å². The Kier molecular flexibility index (Phi) is 8.35. The van der Waals surface area contributed by atoms with Crippen LogP contribution in [0.25, 0.3) is 0 Å². The van der Waals surface area contributed by atoms with Crippen molar-refractivity contribution < 1.29 is 19.1 Å². The number of hydrogen-bond donors (Lipinski definition) is 1. The Balaban J connectivity index is 1.80. The lowest BCUT2D eigenvalue weighted by Gasteiger charge is -2.32. The molecule has 162 valence electrons. The van der Waals surface area contributed by atoms with Crippen LogP contribution in [0.3, 0.4) is 0 Å². The molecule has 1 heterocycles. The summed E-state index contributed by atoms with van der Waals surface area (Å²) >= 11 is 0. The number of carbonyl (C=O) groups is 2. The fourth-order valence-corrected chi connectivity index (χ4v) is 3.38. The number of hydrogen-bond acceptors (Lipinski definition) is 4. The Morgan fingerprint density at radius 3 is 2.52 bits per heavy atom. The van der Waals surface area contributed by atoms with Crippen molar-refractivity contribution >= 4 is 12.0 Å². The normalized spacial score (nSPS) is 15.1. The van der Waals surface area contributed by atoms with Gasteiger partial charge in [-0.25, -0.2) is 4.79 Å². The zero-order valence-electron chi connectivity index (χ0n) is 18.5. The van der Waals surface area contributed by atoms with Gasteiger partial charge in [-0.1, -0.05) is 51.8 Å². The van der Waals surface area contributed by atoms with E-state index in [-0.39, 0.29) is 30.1 Å². The van der Waals surface area contributed by atoms with E-state index in [1.165, 1.54) is 5.56 Å². The molecule has 0 bridgehead atoms. The lowest BCUT2D eigenvalue weighted by molar-refractivity contribution is -0.134. The molecule has 0 radical (unpaired) electrons. The summed E-state index contributed by atoms with van der Waals surface area (Å²) in [4.78, 5) is 26.2. The number of benzene rings is 1. The summed E-state index contributed by atoms with van der Waals surface area (Å²) in [6.07, 6.45) is 2.97. The Hall–Kier alpha value is -2.24. The van der Waals surface area contributed by atoms with Crippen molar-refractivity contribution in [3.05, 3.63) is 29.3 Å². The van der Waals surface area contributed by atoms with Crippen molar-refractivity contribution in [2.24, 2.45) is 0 Å². The van der Waals surface area contributed by atoms with Gasteiger partial charge in [0.1, 0.15) is 5.75 Å². The summed E-state index contributed by atoms with van der Waals surface area (Å²) < 4.78 is 11.0. The predicted octanol–water partition coefficient (Wildman–Crippen LogP) is 4.19. The maximum Gasteiger partial charge on any atom is 0.407 e. The summed E-state index contributed by atoms with van der Waals surface area (Å²) in [5.74, 6) is 0.747. The second kappa shape index (κ2) is 10.5. The number of carbonyl (C=O) groups excluding carboxylic acids is 2. The first-order valence-electron chi connectivity index (χ1n) is 10.7. The molecular weight excluding hydrogens is 368 g/mol. The number of unbranched alkanes of at least 4 members (excludes halogenated alkanes) is 1. The summed E-state index contributed by atoms with van der Waals surface area (Å²) in [6.45, 7) is 12.2. The number of ether oxygens (including phenoxy) is 2. The van der Waals surface area contributed by atoms with E-state index >= 15 is 0 Å². The number of likely N-dealkylation sites (tertiary alicyclic amines) is 1. The van der Waals surface area contributed by atoms with Gasteiger partial charge < -0.3 is 19.7 Å².